The molecule has 0 saturated carbocycles. The normalized spacial score (nSPS) is 13.7. The number of hydrogen-bond donors (Lipinski definition) is 3. The third-order valence-corrected chi connectivity index (χ3v) is 5.52. The zero-order valence-electron chi connectivity index (χ0n) is 19.3. The van der Waals surface area contributed by atoms with Crippen LogP contribution in [0.3, 0.4) is 0 Å². The number of hydrogen-bond acceptors (Lipinski definition) is 3. The molecule has 0 aromatic carbocycles. The second-order valence-corrected chi connectivity index (χ2v) is 8.41. The van der Waals surface area contributed by atoms with Crippen LogP contribution in [0.2, 0.25) is 0 Å². The van der Waals surface area contributed by atoms with Crippen molar-refractivity contribution in [3.63, 3.8) is 0 Å². The molecule has 0 aliphatic heterocycles. The third-order valence-electron chi connectivity index (χ3n) is 5.52. The number of rotatable bonds is 21. The van der Waals surface area contributed by atoms with Gasteiger partial charge in [0.05, 0.1) is 18.8 Å². The van der Waals surface area contributed by atoms with E-state index in [1.54, 1.807) is 6.08 Å². The fourth-order valence-corrected chi connectivity index (χ4v) is 3.53. The highest BCUT2D eigenvalue weighted by atomic mass is 16.3. The number of amides is 1. The van der Waals surface area contributed by atoms with Gasteiger partial charge in [-0.25, -0.2) is 0 Å². The van der Waals surface area contributed by atoms with E-state index in [0.717, 1.165) is 32.1 Å². The predicted octanol–water partition coefficient (Wildman–Crippen LogP) is 6.05. The monoisotopic (exact) mass is 411 g/mol. The average Bonchev–Trinajstić information content (AvgIpc) is 2.72. The van der Waals surface area contributed by atoms with Gasteiger partial charge in [-0.15, -0.1) is 0 Å². The summed E-state index contributed by atoms with van der Waals surface area (Å²) in [4.78, 5) is 11.8. The van der Waals surface area contributed by atoms with Crippen molar-refractivity contribution in [2.75, 3.05) is 6.61 Å². The summed E-state index contributed by atoms with van der Waals surface area (Å²) in [7, 11) is 0. The quantitative estimate of drug-likeness (QED) is 0.159. The van der Waals surface area contributed by atoms with Gasteiger partial charge in [-0.1, -0.05) is 109 Å². The topological polar surface area (TPSA) is 69.6 Å². The van der Waals surface area contributed by atoms with Crippen molar-refractivity contribution in [2.24, 2.45) is 0 Å². The molecule has 0 radical (unpaired) electrons. The molecule has 0 heterocycles. The Labute approximate surface area is 180 Å². The van der Waals surface area contributed by atoms with E-state index in [-0.39, 0.29) is 12.5 Å². The fraction of sp³-hybridized carbons (Fsp3) is 0.880. The minimum Gasteiger partial charge on any atom is -0.394 e. The molecule has 172 valence electrons. The highest BCUT2D eigenvalue weighted by Crippen LogP contribution is 2.12. The van der Waals surface area contributed by atoms with Crippen LogP contribution in [0, 0.1) is 0 Å². The molecule has 0 aromatic rings. The molecule has 0 rings (SSSR count). The van der Waals surface area contributed by atoms with Gasteiger partial charge < -0.3 is 15.5 Å². The van der Waals surface area contributed by atoms with Gasteiger partial charge >= 0.3 is 0 Å². The van der Waals surface area contributed by atoms with Crippen molar-refractivity contribution in [3.8, 4) is 0 Å². The Morgan fingerprint density at radius 1 is 0.793 bits per heavy atom. The lowest BCUT2D eigenvalue weighted by atomic mass is 10.0. The maximum atomic E-state index is 11.8. The summed E-state index contributed by atoms with van der Waals surface area (Å²) >= 11 is 0. The second kappa shape index (κ2) is 21.8. The van der Waals surface area contributed by atoms with Crippen LogP contribution in [0.25, 0.3) is 0 Å². The zero-order chi connectivity index (χ0) is 21.6. The molecule has 3 N–H and O–H groups in total. The van der Waals surface area contributed by atoms with Gasteiger partial charge in [0.1, 0.15) is 0 Å². The predicted molar refractivity (Wildman–Crippen MR) is 124 cm³/mol. The fourth-order valence-electron chi connectivity index (χ4n) is 3.53. The van der Waals surface area contributed by atoms with Gasteiger partial charge in [-0.2, -0.15) is 0 Å². The minimum atomic E-state index is -0.826. The Hall–Kier alpha value is -0.870. The van der Waals surface area contributed by atoms with Crippen LogP contribution in [0.15, 0.2) is 12.2 Å². The van der Waals surface area contributed by atoms with E-state index in [1.807, 2.05) is 6.08 Å². The highest BCUT2D eigenvalue weighted by Gasteiger charge is 2.17. The van der Waals surface area contributed by atoms with E-state index in [1.165, 1.54) is 70.6 Å². The van der Waals surface area contributed by atoms with Gasteiger partial charge in [-0.05, 0) is 19.3 Å². The van der Waals surface area contributed by atoms with E-state index >= 15 is 0 Å². The summed E-state index contributed by atoms with van der Waals surface area (Å²) in [6.07, 6.45) is 23.3. The molecule has 1 amide bonds. The standard InChI is InChI=1S/C25H49NO3/c1-3-5-7-8-9-10-11-12-13-14-15-16-17-19-20-24(28)23(22-27)26-25(29)21-18-6-4-2/h19-20,23-24,27-28H,3-18,21-22H2,1-2H3,(H,26,29)/t23-,24+/m1/s1. The average molecular weight is 412 g/mol. The van der Waals surface area contributed by atoms with Crippen molar-refractivity contribution >= 4 is 5.91 Å². The maximum Gasteiger partial charge on any atom is 0.220 e. The van der Waals surface area contributed by atoms with Crippen molar-refractivity contribution in [2.45, 2.75) is 135 Å². The number of carbonyl (C=O) groups excluding carboxylic acids is 1. The number of aliphatic hydroxyl groups is 2. The Bertz CT molecular complexity index is 384. The molecular formula is C25H49NO3. The SMILES string of the molecule is CCCCCCCCCCCCCCC=C[C@H](O)[C@@H](CO)NC(=O)CCCCC. The number of carbonyl (C=O) groups is 1. The first kappa shape index (κ1) is 28.1. The largest absolute Gasteiger partial charge is 0.394 e. The number of aliphatic hydroxyl groups excluding tert-OH is 2. The summed E-state index contributed by atoms with van der Waals surface area (Å²) in [6.45, 7) is 4.11. The van der Waals surface area contributed by atoms with Crippen LogP contribution in [0.5, 0.6) is 0 Å². The first-order valence-electron chi connectivity index (χ1n) is 12.4. The first-order chi connectivity index (χ1) is 14.2. The van der Waals surface area contributed by atoms with Crippen molar-refractivity contribution in [1.29, 1.82) is 0 Å². The Morgan fingerprint density at radius 2 is 1.28 bits per heavy atom. The van der Waals surface area contributed by atoms with Crippen LogP contribution in [-0.4, -0.2) is 34.9 Å². The van der Waals surface area contributed by atoms with Crippen molar-refractivity contribution in [3.05, 3.63) is 12.2 Å². The summed E-state index contributed by atoms with van der Waals surface area (Å²) < 4.78 is 0. The van der Waals surface area contributed by atoms with Crippen LogP contribution in [0.4, 0.5) is 0 Å². The van der Waals surface area contributed by atoms with Gasteiger partial charge in [0.25, 0.3) is 0 Å². The van der Waals surface area contributed by atoms with E-state index in [2.05, 4.69) is 19.2 Å². The molecule has 29 heavy (non-hydrogen) atoms. The smallest absolute Gasteiger partial charge is 0.220 e. The summed E-state index contributed by atoms with van der Waals surface area (Å²) in [5.74, 6) is -0.0918. The maximum absolute atomic E-state index is 11.8. The molecule has 2 atom stereocenters. The molecule has 0 spiro atoms. The molecule has 0 bridgehead atoms. The molecule has 4 heteroatoms. The number of unbranched alkanes of at least 4 members (excludes halogenated alkanes) is 14. The molecule has 0 aromatic heterocycles. The van der Waals surface area contributed by atoms with E-state index in [4.69, 9.17) is 0 Å². The Kier molecular flexibility index (Phi) is 21.2. The molecular weight excluding hydrogens is 362 g/mol. The van der Waals surface area contributed by atoms with Crippen LogP contribution >= 0.6 is 0 Å². The lowest BCUT2D eigenvalue weighted by molar-refractivity contribution is -0.123. The van der Waals surface area contributed by atoms with Crippen LogP contribution < -0.4 is 5.32 Å². The third kappa shape index (κ3) is 18.9. The zero-order valence-corrected chi connectivity index (χ0v) is 19.3. The van der Waals surface area contributed by atoms with Crippen LogP contribution in [0.1, 0.15) is 123 Å². The second-order valence-electron chi connectivity index (χ2n) is 8.41. The molecule has 4 nitrogen and oxygen atoms in total. The molecule has 0 fully saturated rings. The van der Waals surface area contributed by atoms with E-state index in [0.29, 0.717) is 6.42 Å². The lowest BCUT2D eigenvalue weighted by Crippen LogP contribution is -2.45. The summed E-state index contributed by atoms with van der Waals surface area (Å²) in [6, 6.07) is -0.609. The van der Waals surface area contributed by atoms with E-state index in [9.17, 15) is 15.0 Å². The molecule has 0 unspecified atom stereocenters. The van der Waals surface area contributed by atoms with Crippen LogP contribution in [-0.2, 0) is 4.79 Å². The summed E-state index contributed by atoms with van der Waals surface area (Å²) in [5.41, 5.74) is 0. The van der Waals surface area contributed by atoms with Crippen molar-refractivity contribution in [1.82, 2.24) is 5.32 Å². The first-order valence-corrected chi connectivity index (χ1v) is 12.4. The van der Waals surface area contributed by atoms with Gasteiger partial charge in [-0.3, -0.25) is 4.79 Å². The highest BCUT2D eigenvalue weighted by molar-refractivity contribution is 5.76. The van der Waals surface area contributed by atoms with E-state index < -0.39 is 12.1 Å². The molecule has 0 saturated heterocycles. The van der Waals surface area contributed by atoms with Gasteiger partial charge in [0.2, 0.25) is 5.91 Å². The number of nitrogens with one attached hydrogen (secondary N) is 1. The lowest BCUT2D eigenvalue weighted by Gasteiger charge is -2.19. The number of allylic oxidation sites excluding steroid dienone is 1. The van der Waals surface area contributed by atoms with Crippen molar-refractivity contribution < 1.29 is 15.0 Å². The Balaban J connectivity index is 3.62. The van der Waals surface area contributed by atoms with Gasteiger partial charge in [0, 0.05) is 6.42 Å². The molecule has 0 aliphatic carbocycles. The molecule has 0 aliphatic rings. The van der Waals surface area contributed by atoms with Gasteiger partial charge in [0.15, 0.2) is 0 Å². The minimum absolute atomic E-state index is 0.0918. The summed E-state index contributed by atoms with van der Waals surface area (Å²) in [5, 5.41) is 22.3. The Morgan fingerprint density at radius 3 is 1.79 bits per heavy atom.